The third-order valence-corrected chi connectivity index (χ3v) is 3.90. The molecule has 1 heterocycles. The second-order valence-electron chi connectivity index (χ2n) is 5.04. The average Bonchev–Trinajstić information content (AvgIpc) is 2.54. The SMILES string of the molecule is C[C@@H]1C[C@@H]2[C@H](CO)C[C@@H](C(F)(F)F)C[C@@H]2O1. The second-order valence-corrected chi connectivity index (χ2v) is 5.04. The van der Waals surface area contributed by atoms with Crippen LogP contribution in [0.15, 0.2) is 0 Å². The van der Waals surface area contributed by atoms with Crippen LogP contribution in [0.4, 0.5) is 13.2 Å². The molecule has 1 saturated carbocycles. The predicted molar refractivity (Wildman–Crippen MR) is 51.8 cm³/mol. The fourth-order valence-corrected chi connectivity index (χ4v) is 3.11. The Bertz CT molecular complexity index is 246. The van der Waals surface area contributed by atoms with Crippen molar-refractivity contribution in [2.45, 2.75) is 44.6 Å². The highest BCUT2D eigenvalue weighted by molar-refractivity contribution is 4.93. The van der Waals surface area contributed by atoms with E-state index in [-0.39, 0.29) is 43.5 Å². The van der Waals surface area contributed by atoms with E-state index in [4.69, 9.17) is 4.74 Å². The maximum atomic E-state index is 12.7. The molecule has 2 aliphatic rings. The van der Waals surface area contributed by atoms with E-state index in [1.165, 1.54) is 0 Å². The lowest BCUT2D eigenvalue weighted by molar-refractivity contribution is -0.200. The van der Waals surface area contributed by atoms with E-state index in [1.807, 2.05) is 6.92 Å². The van der Waals surface area contributed by atoms with Crippen LogP contribution in [0.25, 0.3) is 0 Å². The van der Waals surface area contributed by atoms with Gasteiger partial charge in [0, 0.05) is 6.61 Å². The minimum Gasteiger partial charge on any atom is -0.396 e. The van der Waals surface area contributed by atoms with Crippen molar-refractivity contribution in [2.24, 2.45) is 17.8 Å². The van der Waals surface area contributed by atoms with Gasteiger partial charge in [-0.2, -0.15) is 13.2 Å². The van der Waals surface area contributed by atoms with Crippen molar-refractivity contribution in [1.29, 1.82) is 0 Å². The van der Waals surface area contributed by atoms with Gasteiger partial charge < -0.3 is 9.84 Å². The van der Waals surface area contributed by atoms with Crippen LogP contribution in [-0.2, 0) is 4.74 Å². The number of rotatable bonds is 1. The number of aliphatic hydroxyl groups excluding tert-OH is 1. The largest absolute Gasteiger partial charge is 0.396 e. The Labute approximate surface area is 92.8 Å². The number of hydrogen-bond donors (Lipinski definition) is 1. The van der Waals surface area contributed by atoms with Crippen LogP contribution < -0.4 is 0 Å². The highest BCUT2D eigenvalue weighted by Gasteiger charge is 2.51. The standard InChI is InChI=1S/C11H17F3O2/c1-6-2-9-7(5-15)3-8(11(12,13)14)4-10(9)16-6/h6-10,15H,2-5H2,1H3/t6-,7+,8-,9-,10+/m1/s1. The fraction of sp³-hybridized carbons (Fsp3) is 1.00. The molecule has 0 aromatic rings. The monoisotopic (exact) mass is 238 g/mol. The lowest BCUT2D eigenvalue weighted by atomic mass is 9.72. The zero-order valence-electron chi connectivity index (χ0n) is 9.20. The molecule has 1 N–H and O–H groups in total. The maximum absolute atomic E-state index is 12.7. The zero-order valence-corrected chi connectivity index (χ0v) is 9.20. The van der Waals surface area contributed by atoms with Gasteiger partial charge in [-0.1, -0.05) is 0 Å². The predicted octanol–water partition coefficient (Wildman–Crippen LogP) is 2.36. The summed E-state index contributed by atoms with van der Waals surface area (Å²) in [6.45, 7) is 1.72. The molecular formula is C11H17F3O2. The van der Waals surface area contributed by atoms with Gasteiger partial charge in [0.15, 0.2) is 0 Å². The van der Waals surface area contributed by atoms with Gasteiger partial charge in [0.05, 0.1) is 18.1 Å². The number of aliphatic hydroxyl groups is 1. The second kappa shape index (κ2) is 4.18. The van der Waals surface area contributed by atoms with E-state index in [0.717, 1.165) is 6.42 Å². The van der Waals surface area contributed by atoms with Gasteiger partial charge in [-0.15, -0.1) is 0 Å². The van der Waals surface area contributed by atoms with Crippen molar-refractivity contribution < 1.29 is 23.0 Å². The third kappa shape index (κ3) is 2.20. The van der Waals surface area contributed by atoms with Crippen molar-refractivity contribution in [1.82, 2.24) is 0 Å². The smallest absolute Gasteiger partial charge is 0.391 e. The van der Waals surface area contributed by atoms with Gasteiger partial charge in [-0.05, 0) is 38.0 Å². The summed E-state index contributed by atoms with van der Waals surface area (Å²) in [4.78, 5) is 0. The van der Waals surface area contributed by atoms with Gasteiger partial charge in [0.2, 0.25) is 0 Å². The van der Waals surface area contributed by atoms with Crippen LogP contribution in [0.1, 0.15) is 26.2 Å². The van der Waals surface area contributed by atoms with E-state index in [2.05, 4.69) is 0 Å². The number of hydrogen-bond acceptors (Lipinski definition) is 2. The van der Waals surface area contributed by atoms with Crippen LogP contribution >= 0.6 is 0 Å². The van der Waals surface area contributed by atoms with Crippen molar-refractivity contribution in [3.63, 3.8) is 0 Å². The van der Waals surface area contributed by atoms with Gasteiger partial charge in [-0.3, -0.25) is 0 Å². The highest BCUT2D eigenvalue weighted by Crippen LogP contribution is 2.47. The Morgan fingerprint density at radius 1 is 1.25 bits per heavy atom. The maximum Gasteiger partial charge on any atom is 0.391 e. The van der Waals surface area contributed by atoms with Crippen molar-refractivity contribution >= 4 is 0 Å². The van der Waals surface area contributed by atoms with Gasteiger partial charge in [-0.25, -0.2) is 0 Å². The average molecular weight is 238 g/mol. The van der Waals surface area contributed by atoms with E-state index in [0.29, 0.717) is 0 Å². The first-order valence-electron chi connectivity index (χ1n) is 5.75. The number of alkyl halides is 3. The molecule has 0 bridgehead atoms. The van der Waals surface area contributed by atoms with Gasteiger partial charge in [0.1, 0.15) is 0 Å². The number of fused-ring (bicyclic) bond motifs is 1. The molecule has 94 valence electrons. The normalized spacial score (nSPS) is 44.4. The highest BCUT2D eigenvalue weighted by atomic mass is 19.4. The summed E-state index contributed by atoms with van der Waals surface area (Å²) in [5, 5.41) is 9.18. The summed E-state index contributed by atoms with van der Waals surface area (Å²) < 4.78 is 43.5. The topological polar surface area (TPSA) is 29.5 Å². The molecule has 0 spiro atoms. The van der Waals surface area contributed by atoms with Gasteiger partial charge in [0.25, 0.3) is 0 Å². The van der Waals surface area contributed by atoms with Crippen LogP contribution in [0, 0.1) is 17.8 Å². The summed E-state index contributed by atoms with van der Waals surface area (Å²) in [6.07, 6.45) is -3.55. The van der Waals surface area contributed by atoms with E-state index in [9.17, 15) is 18.3 Å². The molecular weight excluding hydrogens is 221 g/mol. The minimum atomic E-state index is -4.16. The number of halogens is 3. The summed E-state index contributed by atoms with van der Waals surface area (Å²) in [5.74, 6) is -1.45. The Balaban J connectivity index is 2.10. The molecule has 0 aromatic heterocycles. The molecule has 0 radical (unpaired) electrons. The quantitative estimate of drug-likeness (QED) is 0.760. The zero-order chi connectivity index (χ0) is 11.9. The molecule has 5 heteroatoms. The van der Waals surface area contributed by atoms with Crippen LogP contribution in [-0.4, -0.2) is 30.1 Å². The number of ether oxygens (including phenoxy) is 1. The van der Waals surface area contributed by atoms with E-state index < -0.39 is 12.1 Å². The Morgan fingerprint density at radius 3 is 2.50 bits per heavy atom. The van der Waals surface area contributed by atoms with Crippen LogP contribution in [0.3, 0.4) is 0 Å². The Morgan fingerprint density at radius 2 is 1.94 bits per heavy atom. The lowest BCUT2D eigenvalue weighted by Gasteiger charge is -2.37. The molecule has 1 aliphatic heterocycles. The van der Waals surface area contributed by atoms with Crippen molar-refractivity contribution in [2.75, 3.05) is 6.61 Å². The molecule has 2 fully saturated rings. The fourth-order valence-electron chi connectivity index (χ4n) is 3.11. The van der Waals surface area contributed by atoms with Gasteiger partial charge >= 0.3 is 6.18 Å². The van der Waals surface area contributed by atoms with E-state index >= 15 is 0 Å². The Hall–Kier alpha value is -0.290. The molecule has 5 atom stereocenters. The first-order chi connectivity index (χ1) is 7.41. The van der Waals surface area contributed by atoms with Crippen molar-refractivity contribution in [3.05, 3.63) is 0 Å². The molecule has 0 aromatic carbocycles. The first kappa shape index (κ1) is 12.2. The third-order valence-electron chi connectivity index (χ3n) is 3.90. The van der Waals surface area contributed by atoms with Crippen molar-refractivity contribution in [3.8, 4) is 0 Å². The summed E-state index contributed by atoms with van der Waals surface area (Å²) >= 11 is 0. The molecule has 1 saturated heterocycles. The summed E-state index contributed by atoms with van der Waals surface area (Å²) in [6, 6.07) is 0. The van der Waals surface area contributed by atoms with Crippen LogP contribution in [0.5, 0.6) is 0 Å². The molecule has 16 heavy (non-hydrogen) atoms. The minimum absolute atomic E-state index is 0.0241. The molecule has 1 aliphatic carbocycles. The molecule has 0 unspecified atom stereocenters. The summed E-state index contributed by atoms with van der Waals surface area (Å²) in [5.41, 5.74) is 0. The molecule has 2 nitrogen and oxygen atoms in total. The summed E-state index contributed by atoms with van der Waals surface area (Å²) in [7, 11) is 0. The molecule has 0 amide bonds. The Kier molecular flexibility index (Phi) is 3.18. The van der Waals surface area contributed by atoms with Crippen LogP contribution in [0.2, 0.25) is 0 Å². The molecule has 2 rings (SSSR count). The lowest BCUT2D eigenvalue weighted by Crippen LogP contribution is -2.40. The van der Waals surface area contributed by atoms with E-state index in [1.54, 1.807) is 0 Å². The first-order valence-corrected chi connectivity index (χ1v) is 5.75.